The second-order valence-corrected chi connectivity index (χ2v) is 6.10. The Bertz CT molecular complexity index is 655. The average Bonchev–Trinajstić information content (AvgIpc) is 2.48. The first kappa shape index (κ1) is 14.5. The van der Waals surface area contributed by atoms with Crippen LogP contribution in [0.15, 0.2) is 59.5 Å². The van der Waals surface area contributed by atoms with Crippen molar-refractivity contribution in [2.75, 3.05) is 7.11 Å². The number of ether oxygens (including phenoxy) is 1. The Labute approximate surface area is 118 Å². The molecule has 5 nitrogen and oxygen atoms in total. The summed E-state index contributed by atoms with van der Waals surface area (Å²) in [5.74, 6) is 6.29. The molecule has 0 bridgehead atoms. The van der Waals surface area contributed by atoms with Crippen LogP contribution < -0.4 is 10.6 Å². The highest BCUT2D eigenvalue weighted by Gasteiger charge is 2.21. The molecule has 0 saturated heterocycles. The second-order valence-electron chi connectivity index (χ2n) is 4.21. The zero-order valence-electron chi connectivity index (χ0n) is 11.1. The molecular weight excluding hydrogens is 276 g/mol. The summed E-state index contributed by atoms with van der Waals surface area (Å²) in [4.78, 5) is 0.136. The van der Waals surface area contributed by atoms with E-state index >= 15 is 0 Å². The lowest BCUT2D eigenvalue weighted by atomic mass is 10.2. The number of benzene rings is 2. The van der Waals surface area contributed by atoms with Gasteiger partial charge in [-0.15, -0.1) is 4.41 Å². The molecule has 6 heteroatoms. The van der Waals surface area contributed by atoms with Crippen molar-refractivity contribution in [1.82, 2.24) is 4.41 Å². The number of sulfonamides is 1. The van der Waals surface area contributed by atoms with E-state index in [9.17, 15) is 8.42 Å². The highest BCUT2D eigenvalue weighted by Crippen LogP contribution is 2.18. The van der Waals surface area contributed by atoms with Crippen LogP contribution in [0.5, 0.6) is 5.75 Å². The van der Waals surface area contributed by atoms with Crippen LogP contribution in [-0.4, -0.2) is 19.9 Å². The predicted octanol–water partition coefficient (Wildman–Crippen LogP) is 1.76. The van der Waals surface area contributed by atoms with Crippen LogP contribution in [-0.2, 0) is 16.6 Å². The van der Waals surface area contributed by atoms with Crippen molar-refractivity contribution >= 4 is 10.0 Å². The van der Waals surface area contributed by atoms with E-state index in [2.05, 4.69) is 0 Å². The van der Waals surface area contributed by atoms with Gasteiger partial charge in [0.25, 0.3) is 10.0 Å². The highest BCUT2D eigenvalue weighted by molar-refractivity contribution is 7.89. The van der Waals surface area contributed by atoms with Crippen LogP contribution in [0, 0.1) is 0 Å². The Morgan fingerprint density at radius 2 is 1.65 bits per heavy atom. The molecule has 0 radical (unpaired) electrons. The third kappa shape index (κ3) is 3.16. The molecule has 0 heterocycles. The second kappa shape index (κ2) is 6.04. The maximum absolute atomic E-state index is 12.3. The summed E-state index contributed by atoms with van der Waals surface area (Å²) >= 11 is 0. The number of hydrogen-bond donors (Lipinski definition) is 1. The summed E-state index contributed by atoms with van der Waals surface area (Å²) in [6, 6.07) is 15.3. The summed E-state index contributed by atoms with van der Waals surface area (Å²) in [5.41, 5.74) is 0.826. The zero-order chi connectivity index (χ0) is 14.6. The van der Waals surface area contributed by atoms with Gasteiger partial charge in [-0.3, -0.25) is 5.84 Å². The molecule has 0 aliphatic carbocycles. The molecule has 0 fully saturated rings. The number of nitrogens with two attached hydrogens (primary N) is 1. The van der Waals surface area contributed by atoms with Crippen LogP contribution in [0.2, 0.25) is 0 Å². The van der Waals surface area contributed by atoms with Crippen molar-refractivity contribution in [2.45, 2.75) is 11.4 Å². The van der Waals surface area contributed by atoms with Gasteiger partial charge in [0.05, 0.1) is 18.6 Å². The molecule has 0 amide bonds. The Hall–Kier alpha value is -1.89. The smallest absolute Gasteiger partial charge is 0.255 e. The van der Waals surface area contributed by atoms with Crippen molar-refractivity contribution in [2.24, 2.45) is 5.84 Å². The first-order chi connectivity index (χ1) is 9.54. The lowest BCUT2D eigenvalue weighted by Gasteiger charge is -2.17. The van der Waals surface area contributed by atoms with Gasteiger partial charge in [0.15, 0.2) is 0 Å². The predicted molar refractivity (Wildman–Crippen MR) is 76.4 cm³/mol. The van der Waals surface area contributed by atoms with Crippen molar-refractivity contribution < 1.29 is 13.2 Å². The normalized spacial score (nSPS) is 11.6. The fourth-order valence-electron chi connectivity index (χ4n) is 1.73. The Kier molecular flexibility index (Phi) is 4.39. The molecule has 0 saturated carbocycles. The first-order valence-electron chi connectivity index (χ1n) is 5.99. The van der Waals surface area contributed by atoms with Crippen LogP contribution in [0.3, 0.4) is 0 Å². The van der Waals surface area contributed by atoms with E-state index in [1.807, 2.05) is 30.3 Å². The van der Waals surface area contributed by atoms with Crippen molar-refractivity contribution in [3.63, 3.8) is 0 Å². The SMILES string of the molecule is COc1ccc(S(=O)(=O)N(N)Cc2ccccc2)cc1. The van der Waals surface area contributed by atoms with Crippen LogP contribution in [0.25, 0.3) is 0 Å². The highest BCUT2D eigenvalue weighted by atomic mass is 32.2. The van der Waals surface area contributed by atoms with Crippen LogP contribution >= 0.6 is 0 Å². The zero-order valence-corrected chi connectivity index (χ0v) is 11.9. The van der Waals surface area contributed by atoms with Gasteiger partial charge in [0, 0.05) is 0 Å². The summed E-state index contributed by atoms with van der Waals surface area (Å²) < 4.78 is 30.4. The van der Waals surface area contributed by atoms with Crippen molar-refractivity contribution in [3.05, 3.63) is 60.2 Å². The molecule has 20 heavy (non-hydrogen) atoms. The number of methoxy groups -OCH3 is 1. The van der Waals surface area contributed by atoms with Gasteiger partial charge >= 0.3 is 0 Å². The third-order valence-electron chi connectivity index (χ3n) is 2.85. The number of rotatable bonds is 5. The molecule has 2 N–H and O–H groups in total. The average molecular weight is 292 g/mol. The summed E-state index contributed by atoms with van der Waals surface area (Å²) in [6.07, 6.45) is 0. The minimum atomic E-state index is -3.71. The van der Waals surface area contributed by atoms with E-state index in [0.717, 1.165) is 9.98 Å². The lowest BCUT2D eigenvalue weighted by molar-refractivity contribution is 0.413. The maximum Gasteiger partial charge on any atom is 0.255 e. The number of hydrazine groups is 1. The van der Waals surface area contributed by atoms with Crippen molar-refractivity contribution in [3.8, 4) is 5.75 Å². The van der Waals surface area contributed by atoms with Gasteiger partial charge in [-0.1, -0.05) is 30.3 Å². The Balaban J connectivity index is 2.20. The number of nitrogens with zero attached hydrogens (tertiary/aromatic N) is 1. The maximum atomic E-state index is 12.3. The molecule has 2 aromatic rings. The largest absolute Gasteiger partial charge is 0.497 e. The summed E-state index contributed by atoms with van der Waals surface area (Å²) in [6.45, 7) is 0.120. The van der Waals surface area contributed by atoms with E-state index in [4.69, 9.17) is 10.6 Å². The molecule has 0 aromatic heterocycles. The molecule has 0 aliphatic heterocycles. The summed E-state index contributed by atoms with van der Waals surface area (Å²) in [7, 11) is -2.18. The van der Waals surface area contributed by atoms with E-state index in [1.165, 1.54) is 19.2 Å². The molecule has 2 aromatic carbocycles. The standard InChI is InChI=1S/C14H16N2O3S/c1-19-13-7-9-14(10-8-13)20(17,18)16(15)11-12-5-3-2-4-6-12/h2-10H,11,15H2,1H3. The quantitative estimate of drug-likeness (QED) is 0.673. The molecule has 106 valence electrons. The van der Waals surface area contributed by atoms with Gasteiger partial charge in [0.2, 0.25) is 0 Å². The van der Waals surface area contributed by atoms with Gasteiger partial charge in [0.1, 0.15) is 5.75 Å². The van der Waals surface area contributed by atoms with Crippen LogP contribution in [0.4, 0.5) is 0 Å². The van der Waals surface area contributed by atoms with E-state index in [0.29, 0.717) is 5.75 Å². The van der Waals surface area contributed by atoms with E-state index < -0.39 is 10.0 Å². The fraction of sp³-hybridized carbons (Fsp3) is 0.143. The number of hydrogen-bond acceptors (Lipinski definition) is 4. The molecule has 0 spiro atoms. The van der Waals surface area contributed by atoms with Gasteiger partial charge in [-0.25, -0.2) is 8.42 Å². The Morgan fingerprint density at radius 3 is 2.20 bits per heavy atom. The molecular formula is C14H16N2O3S. The monoisotopic (exact) mass is 292 g/mol. The third-order valence-corrected chi connectivity index (χ3v) is 4.46. The van der Waals surface area contributed by atoms with Gasteiger partial charge in [-0.2, -0.15) is 0 Å². The van der Waals surface area contributed by atoms with E-state index in [-0.39, 0.29) is 11.4 Å². The minimum absolute atomic E-state index is 0.120. The molecule has 0 atom stereocenters. The fourth-order valence-corrected chi connectivity index (χ4v) is 2.80. The Morgan fingerprint density at radius 1 is 1.05 bits per heavy atom. The molecule has 2 rings (SSSR count). The van der Waals surface area contributed by atoms with Gasteiger partial charge < -0.3 is 4.74 Å². The summed E-state index contributed by atoms with van der Waals surface area (Å²) in [5, 5.41) is 0. The molecule has 0 unspecified atom stereocenters. The lowest BCUT2D eigenvalue weighted by Crippen LogP contribution is -2.36. The van der Waals surface area contributed by atoms with E-state index in [1.54, 1.807) is 12.1 Å². The van der Waals surface area contributed by atoms with Crippen molar-refractivity contribution in [1.29, 1.82) is 0 Å². The van der Waals surface area contributed by atoms with Gasteiger partial charge in [-0.05, 0) is 29.8 Å². The van der Waals surface area contributed by atoms with Crippen LogP contribution in [0.1, 0.15) is 5.56 Å². The minimum Gasteiger partial charge on any atom is -0.497 e. The first-order valence-corrected chi connectivity index (χ1v) is 7.43. The molecule has 0 aliphatic rings. The topological polar surface area (TPSA) is 72.6 Å².